The molecule has 0 amide bonds. The minimum atomic E-state index is -0.426. The molecule has 0 spiro atoms. The van der Waals surface area contributed by atoms with Crippen LogP contribution in [0, 0.1) is 6.92 Å². The number of carbonyl (C=O) groups is 1. The first-order chi connectivity index (χ1) is 8.54. The first kappa shape index (κ1) is 12.8. The highest BCUT2D eigenvalue weighted by atomic mass is 79.9. The van der Waals surface area contributed by atoms with Crippen molar-refractivity contribution in [3.8, 4) is 0 Å². The molecular weight excluding hydrogens is 302 g/mol. The van der Waals surface area contributed by atoms with Crippen LogP contribution in [-0.4, -0.2) is 27.2 Å². The van der Waals surface area contributed by atoms with Gasteiger partial charge in [-0.15, -0.1) is 0 Å². The van der Waals surface area contributed by atoms with Gasteiger partial charge in [-0.3, -0.25) is 9.59 Å². The van der Waals surface area contributed by atoms with E-state index in [2.05, 4.69) is 26.0 Å². The number of carbonyl (C=O) groups excluding carboxylic acids is 1. The van der Waals surface area contributed by atoms with Crippen LogP contribution in [0.25, 0.3) is 5.65 Å². The first-order valence-corrected chi connectivity index (χ1v) is 6.25. The van der Waals surface area contributed by atoms with Crippen LogP contribution in [-0.2, 0) is 16.0 Å². The molecule has 0 unspecified atom stereocenters. The van der Waals surface area contributed by atoms with Crippen LogP contribution in [0.3, 0.4) is 0 Å². The maximum Gasteiger partial charge on any atom is 0.310 e. The zero-order valence-corrected chi connectivity index (χ0v) is 11.6. The summed E-state index contributed by atoms with van der Waals surface area (Å²) in [6.07, 6.45) is 1.45. The highest BCUT2D eigenvalue weighted by Gasteiger charge is 2.14. The number of aryl methyl sites for hydroxylation is 1. The molecule has 0 atom stereocenters. The molecule has 2 heterocycles. The van der Waals surface area contributed by atoms with Gasteiger partial charge in [0.1, 0.15) is 0 Å². The van der Waals surface area contributed by atoms with Crippen LogP contribution in [0.15, 0.2) is 15.5 Å². The quantitative estimate of drug-likeness (QED) is 0.864. The van der Waals surface area contributed by atoms with Crippen molar-refractivity contribution in [2.75, 3.05) is 6.61 Å². The van der Waals surface area contributed by atoms with Crippen LogP contribution in [0.2, 0.25) is 0 Å². The number of hydrogen-bond acceptors (Lipinski definition) is 4. The number of hydrogen-bond donors (Lipinski definition) is 1. The minimum Gasteiger partial charge on any atom is -0.466 e. The summed E-state index contributed by atoms with van der Waals surface area (Å²) in [5, 5.41) is 4.10. The summed E-state index contributed by atoms with van der Waals surface area (Å²) >= 11 is 3.34. The number of nitrogens with zero attached hydrogens (tertiary/aromatic N) is 2. The molecule has 0 bridgehead atoms. The number of H-pyrrole nitrogens is 1. The molecule has 96 valence electrons. The fourth-order valence-corrected chi connectivity index (χ4v) is 1.99. The average Bonchev–Trinajstić information content (AvgIpc) is 2.61. The van der Waals surface area contributed by atoms with Gasteiger partial charge >= 0.3 is 5.97 Å². The van der Waals surface area contributed by atoms with E-state index in [4.69, 9.17) is 4.74 Å². The molecule has 0 aromatic carbocycles. The lowest BCUT2D eigenvalue weighted by Gasteiger charge is -2.02. The standard InChI is InChI=1S/C11H12BrN3O3/c1-3-18-8(16)4-7-5-13-10-9(12)6(2)14-15(10)11(7)17/h5,13H,3-4H2,1-2H3. The number of fused-ring (bicyclic) bond motifs is 1. The van der Waals surface area contributed by atoms with Crippen molar-refractivity contribution in [1.82, 2.24) is 14.6 Å². The first-order valence-electron chi connectivity index (χ1n) is 5.45. The fourth-order valence-electron chi connectivity index (χ4n) is 1.63. The van der Waals surface area contributed by atoms with E-state index in [-0.39, 0.29) is 12.0 Å². The molecule has 0 aliphatic heterocycles. The molecule has 18 heavy (non-hydrogen) atoms. The summed E-state index contributed by atoms with van der Waals surface area (Å²) in [6, 6.07) is 0. The van der Waals surface area contributed by atoms with E-state index in [0.717, 1.165) is 4.47 Å². The van der Waals surface area contributed by atoms with Crippen molar-refractivity contribution < 1.29 is 9.53 Å². The van der Waals surface area contributed by atoms with Crippen molar-refractivity contribution in [2.24, 2.45) is 0 Å². The van der Waals surface area contributed by atoms with Crippen molar-refractivity contribution in [2.45, 2.75) is 20.3 Å². The second kappa shape index (κ2) is 4.93. The van der Waals surface area contributed by atoms with Gasteiger partial charge in [-0.05, 0) is 29.8 Å². The average molecular weight is 314 g/mol. The SMILES string of the molecule is CCOC(=O)Cc1c[nH]c2c(Br)c(C)nn2c1=O. The third kappa shape index (κ3) is 2.17. The van der Waals surface area contributed by atoms with Crippen LogP contribution < -0.4 is 5.56 Å². The predicted octanol–water partition coefficient (Wildman–Crippen LogP) is 1.20. The summed E-state index contributed by atoms with van der Waals surface area (Å²) in [4.78, 5) is 26.4. The van der Waals surface area contributed by atoms with Gasteiger partial charge in [-0.25, -0.2) is 0 Å². The predicted molar refractivity (Wildman–Crippen MR) is 68.6 cm³/mol. The Morgan fingerprint density at radius 1 is 1.61 bits per heavy atom. The third-order valence-electron chi connectivity index (χ3n) is 2.48. The molecule has 0 saturated carbocycles. The molecule has 0 radical (unpaired) electrons. The Morgan fingerprint density at radius 3 is 3.00 bits per heavy atom. The molecule has 1 N–H and O–H groups in total. The van der Waals surface area contributed by atoms with Crippen molar-refractivity contribution in [3.05, 3.63) is 32.3 Å². The summed E-state index contributed by atoms with van der Waals surface area (Å²) in [5.74, 6) is -0.426. The third-order valence-corrected chi connectivity index (χ3v) is 3.43. The maximum absolute atomic E-state index is 12.1. The van der Waals surface area contributed by atoms with E-state index in [1.807, 2.05) is 0 Å². The van der Waals surface area contributed by atoms with E-state index in [0.29, 0.717) is 23.5 Å². The second-order valence-electron chi connectivity index (χ2n) is 3.76. The van der Waals surface area contributed by atoms with Gasteiger partial charge in [0.2, 0.25) is 0 Å². The maximum atomic E-state index is 12.1. The number of esters is 1. The summed E-state index contributed by atoms with van der Waals surface area (Å²) in [7, 11) is 0. The van der Waals surface area contributed by atoms with E-state index in [9.17, 15) is 9.59 Å². The monoisotopic (exact) mass is 313 g/mol. The normalized spacial score (nSPS) is 10.8. The Balaban J connectivity index is 2.46. The minimum absolute atomic E-state index is 0.0599. The van der Waals surface area contributed by atoms with E-state index >= 15 is 0 Å². The Morgan fingerprint density at radius 2 is 2.33 bits per heavy atom. The van der Waals surface area contributed by atoms with Gasteiger partial charge < -0.3 is 9.72 Å². The second-order valence-corrected chi connectivity index (χ2v) is 4.55. The zero-order chi connectivity index (χ0) is 13.3. The van der Waals surface area contributed by atoms with Gasteiger partial charge in [-0.2, -0.15) is 9.61 Å². The number of aromatic amines is 1. The van der Waals surface area contributed by atoms with E-state index in [1.165, 1.54) is 10.7 Å². The van der Waals surface area contributed by atoms with Crippen LogP contribution >= 0.6 is 15.9 Å². The highest BCUT2D eigenvalue weighted by molar-refractivity contribution is 9.10. The van der Waals surface area contributed by atoms with Crippen LogP contribution in [0.5, 0.6) is 0 Å². The molecular formula is C11H12BrN3O3. The highest BCUT2D eigenvalue weighted by Crippen LogP contribution is 2.18. The van der Waals surface area contributed by atoms with Gasteiger partial charge in [0.25, 0.3) is 5.56 Å². The molecule has 2 rings (SSSR count). The summed E-state index contributed by atoms with van der Waals surface area (Å²) < 4.78 is 6.79. The Kier molecular flexibility index (Phi) is 3.51. The summed E-state index contributed by atoms with van der Waals surface area (Å²) in [5.41, 5.74) is 1.29. The molecule has 6 nitrogen and oxygen atoms in total. The number of aromatic nitrogens is 3. The molecule has 0 aliphatic rings. The van der Waals surface area contributed by atoms with Gasteiger partial charge in [0.15, 0.2) is 5.65 Å². The molecule has 2 aromatic heterocycles. The van der Waals surface area contributed by atoms with Crippen molar-refractivity contribution >= 4 is 27.5 Å². The smallest absolute Gasteiger partial charge is 0.310 e. The largest absolute Gasteiger partial charge is 0.466 e. The molecule has 2 aromatic rings. The lowest BCUT2D eigenvalue weighted by atomic mass is 10.2. The molecule has 0 saturated heterocycles. The van der Waals surface area contributed by atoms with Crippen LogP contribution in [0.4, 0.5) is 0 Å². The van der Waals surface area contributed by atoms with Gasteiger partial charge in [0, 0.05) is 11.8 Å². The molecule has 0 fully saturated rings. The lowest BCUT2D eigenvalue weighted by molar-refractivity contribution is -0.142. The Hall–Kier alpha value is -1.63. The van der Waals surface area contributed by atoms with E-state index in [1.54, 1.807) is 13.8 Å². The summed E-state index contributed by atoms with van der Waals surface area (Å²) in [6.45, 7) is 3.81. The topological polar surface area (TPSA) is 76.5 Å². The Labute approximate surface area is 111 Å². The van der Waals surface area contributed by atoms with E-state index < -0.39 is 5.97 Å². The Bertz CT molecular complexity index is 659. The number of ether oxygens (including phenoxy) is 1. The van der Waals surface area contributed by atoms with Crippen molar-refractivity contribution in [3.63, 3.8) is 0 Å². The number of halogens is 1. The molecule has 0 aliphatic carbocycles. The number of rotatable bonds is 3. The van der Waals surface area contributed by atoms with Crippen LogP contribution in [0.1, 0.15) is 18.2 Å². The zero-order valence-electron chi connectivity index (χ0n) is 9.99. The van der Waals surface area contributed by atoms with Crippen molar-refractivity contribution in [1.29, 1.82) is 0 Å². The van der Waals surface area contributed by atoms with Gasteiger partial charge in [-0.1, -0.05) is 0 Å². The molecule has 7 heteroatoms. The lowest BCUT2D eigenvalue weighted by Crippen LogP contribution is -2.22. The number of nitrogens with one attached hydrogen (secondary N) is 1. The fraction of sp³-hybridized carbons (Fsp3) is 0.364. The van der Waals surface area contributed by atoms with Gasteiger partial charge in [0.05, 0.1) is 23.2 Å².